The zero-order valence-electron chi connectivity index (χ0n) is 13.3. The van der Waals surface area contributed by atoms with E-state index < -0.39 is 23.7 Å². The molecular formula is C15H15F3N4O3. The Hall–Kier alpha value is -3.04. The van der Waals surface area contributed by atoms with Crippen molar-refractivity contribution < 1.29 is 27.5 Å². The predicted octanol–water partition coefficient (Wildman–Crippen LogP) is 3.26. The first-order chi connectivity index (χ1) is 11.7. The number of urea groups is 1. The van der Waals surface area contributed by atoms with Gasteiger partial charge in [0.15, 0.2) is 0 Å². The van der Waals surface area contributed by atoms with Crippen LogP contribution in [-0.4, -0.2) is 28.4 Å². The largest absolute Gasteiger partial charge is 0.462 e. The molecule has 2 N–H and O–H groups in total. The molecular weight excluding hydrogens is 341 g/mol. The Kier molecular flexibility index (Phi) is 5.30. The van der Waals surface area contributed by atoms with Crippen LogP contribution >= 0.6 is 0 Å². The van der Waals surface area contributed by atoms with Gasteiger partial charge in [0.25, 0.3) is 0 Å². The molecule has 0 aliphatic rings. The van der Waals surface area contributed by atoms with Gasteiger partial charge in [-0.25, -0.2) is 9.59 Å². The van der Waals surface area contributed by atoms with Gasteiger partial charge in [0.05, 0.1) is 18.4 Å². The molecule has 10 heteroatoms. The fraction of sp³-hybridized carbons (Fsp3) is 0.267. The summed E-state index contributed by atoms with van der Waals surface area (Å²) in [6.45, 7) is 1.80. The number of halogens is 3. The summed E-state index contributed by atoms with van der Waals surface area (Å²) in [6, 6.07) is 3.21. The third-order valence-electron chi connectivity index (χ3n) is 3.14. The molecule has 0 fully saturated rings. The van der Waals surface area contributed by atoms with Crippen LogP contribution in [0.3, 0.4) is 0 Å². The predicted molar refractivity (Wildman–Crippen MR) is 83.2 cm³/mol. The molecule has 2 aromatic rings. The summed E-state index contributed by atoms with van der Waals surface area (Å²) in [7, 11) is 1.51. The first kappa shape index (κ1) is 18.3. The molecule has 2 rings (SSSR count). The number of amides is 2. The van der Waals surface area contributed by atoms with Crippen LogP contribution in [0.2, 0.25) is 0 Å². The van der Waals surface area contributed by atoms with Crippen molar-refractivity contribution in [3.05, 3.63) is 41.6 Å². The summed E-state index contributed by atoms with van der Waals surface area (Å²) in [6.07, 6.45) is -3.21. The number of nitrogens with one attached hydrogen (secondary N) is 2. The van der Waals surface area contributed by atoms with E-state index in [1.807, 2.05) is 0 Å². The van der Waals surface area contributed by atoms with Crippen LogP contribution in [0, 0.1) is 0 Å². The van der Waals surface area contributed by atoms with E-state index in [4.69, 9.17) is 4.74 Å². The van der Waals surface area contributed by atoms with E-state index in [0.29, 0.717) is 0 Å². The van der Waals surface area contributed by atoms with Gasteiger partial charge in [0, 0.05) is 12.7 Å². The molecule has 1 aromatic heterocycles. The molecule has 134 valence electrons. The summed E-state index contributed by atoms with van der Waals surface area (Å²) in [5, 5.41) is 8.66. The third kappa shape index (κ3) is 4.49. The van der Waals surface area contributed by atoms with Crippen LogP contribution in [-0.2, 0) is 18.0 Å². The van der Waals surface area contributed by atoms with Crippen molar-refractivity contribution in [2.75, 3.05) is 17.2 Å². The highest BCUT2D eigenvalue weighted by Crippen LogP contribution is 2.29. The minimum atomic E-state index is -4.45. The minimum Gasteiger partial charge on any atom is -0.462 e. The maximum absolute atomic E-state index is 12.5. The van der Waals surface area contributed by atoms with Crippen molar-refractivity contribution in [1.29, 1.82) is 0 Å². The summed E-state index contributed by atoms with van der Waals surface area (Å²) in [5.74, 6) is -0.553. The topological polar surface area (TPSA) is 85.2 Å². The summed E-state index contributed by atoms with van der Waals surface area (Å²) >= 11 is 0. The molecule has 0 unspecified atom stereocenters. The number of nitrogens with zero attached hydrogens (tertiary/aromatic N) is 2. The van der Waals surface area contributed by atoms with Crippen molar-refractivity contribution in [1.82, 2.24) is 9.78 Å². The molecule has 0 saturated carbocycles. The summed E-state index contributed by atoms with van der Waals surface area (Å²) in [5.41, 5.74) is -0.605. The molecule has 2 amide bonds. The molecule has 25 heavy (non-hydrogen) atoms. The molecule has 1 aromatic carbocycles. The second-order valence-corrected chi connectivity index (χ2v) is 4.91. The molecule has 0 spiro atoms. The van der Waals surface area contributed by atoms with Crippen molar-refractivity contribution in [2.24, 2.45) is 7.05 Å². The van der Waals surface area contributed by atoms with Crippen molar-refractivity contribution >= 4 is 23.5 Å². The Morgan fingerprint density at radius 1 is 1.20 bits per heavy atom. The van der Waals surface area contributed by atoms with E-state index in [1.54, 1.807) is 6.92 Å². The first-order valence-corrected chi connectivity index (χ1v) is 7.16. The second kappa shape index (κ2) is 7.24. The smallest absolute Gasteiger partial charge is 0.416 e. The molecule has 0 saturated heterocycles. The number of alkyl halides is 3. The zero-order valence-corrected chi connectivity index (χ0v) is 13.3. The number of ether oxygens (including phenoxy) is 1. The number of aromatic nitrogens is 2. The Morgan fingerprint density at radius 2 is 1.84 bits per heavy atom. The number of hydrogen-bond acceptors (Lipinski definition) is 4. The quantitative estimate of drug-likeness (QED) is 0.824. The lowest BCUT2D eigenvalue weighted by molar-refractivity contribution is -0.137. The van der Waals surface area contributed by atoms with E-state index in [0.717, 1.165) is 24.3 Å². The van der Waals surface area contributed by atoms with Crippen LogP contribution in [0.1, 0.15) is 22.8 Å². The van der Waals surface area contributed by atoms with Gasteiger partial charge in [-0.15, -0.1) is 0 Å². The highest BCUT2D eigenvalue weighted by Gasteiger charge is 2.30. The van der Waals surface area contributed by atoms with Crippen LogP contribution in [0.15, 0.2) is 30.5 Å². The van der Waals surface area contributed by atoms with Gasteiger partial charge in [-0.05, 0) is 31.2 Å². The lowest BCUT2D eigenvalue weighted by Crippen LogP contribution is -2.22. The highest BCUT2D eigenvalue weighted by molar-refractivity contribution is 6.04. The number of carbonyl (C=O) groups is 2. The normalized spacial score (nSPS) is 11.1. The van der Waals surface area contributed by atoms with Crippen LogP contribution in [0.25, 0.3) is 0 Å². The van der Waals surface area contributed by atoms with E-state index in [2.05, 4.69) is 15.7 Å². The molecule has 0 atom stereocenters. The van der Waals surface area contributed by atoms with Crippen LogP contribution < -0.4 is 10.6 Å². The number of rotatable bonds is 4. The van der Waals surface area contributed by atoms with Gasteiger partial charge in [-0.1, -0.05) is 0 Å². The standard InChI is InChI=1S/C15H15F3N4O3/c1-3-25-13(23)11-8-19-22(2)12(11)21-14(24)20-10-6-4-9(5-7-10)15(16,17)18/h4-8H,3H2,1-2H3,(H2,20,21,24). The first-order valence-electron chi connectivity index (χ1n) is 7.16. The maximum Gasteiger partial charge on any atom is 0.416 e. The van der Waals surface area contributed by atoms with Crippen molar-refractivity contribution in [3.8, 4) is 0 Å². The number of carbonyl (C=O) groups excluding carboxylic acids is 2. The fourth-order valence-corrected chi connectivity index (χ4v) is 1.96. The van der Waals surface area contributed by atoms with Gasteiger partial charge in [-0.2, -0.15) is 18.3 Å². The SMILES string of the molecule is CCOC(=O)c1cnn(C)c1NC(=O)Nc1ccc(C(F)(F)F)cc1. The van der Waals surface area contributed by atoms with Crippen molar-refractivity contribution in [3.63, 3.8) is 0 Å². The van der Waals surface area contributed by atoms with Gasteiger partial charge >= 0.3 is 18.2 Å². The van der Waals surface area contributed by atoms with E-state index >= 15 is 0 Å². The van der Waals surface area contributed by atoms with Gasteiger partial charge in [-0.3, -0.25) is 10.00 Å². The molecule has 0 aliphatic heterocycles. The van der Waals surface area contributed by atoms with Gasteiger partial charge in [0.2, 0.25) is 0 Å². The number of aryl methyl sites for hydroxylation is 1. The average molecular weight is 356 g/mol. The average Bonchev–Trinajstić information content (AvgIpc) is 2.88. The van der Waals surface area contributed by atoms with Gasteiger partial charge in [0.1, 0.15) is 11.4 Å². The molecule has 0 radical (unpaired) electrons. The van der Waals surface area contributed by atoms with E-state index in [9.17, 15) is 22.8 Å². The second-order valence-electron chi connectivity index (χ2n) is 4.91. The number of benzene rings is 1. The van der Waals surface area contributed by atoms with E-state index in [-0.39, 0.29) is 23.7 Å². The highest BCUT2D eigenvalue weighted by atomic mass is 19.4. The van der Waals surface area contributed by atoms with Gasteiger partial charge < -0.3 is 10.1 Å². The van der Waals surface area contributed by atoms with Crippen LogP contribution in [0.5, 0.6) is 0 Å². The lowest BCUT2D eigenvalue weighted by Gasteiger charge is -2.11. The maximum atomic E-state index is 12.5. The fourth-order valence-electron chi connectivity index (χ4n) is 1.96. The Balaban J connectivity index is 2.08. The summed E-state index contributed by atoms with van der Waals surface area (Å²) in [4.78, 5) is 23.8. The molecule has 0 aliphatic carbocycles. The molecule has 1 heterocycles. The molecule has 7 nitrogen and oxygen atoms in total. The van der Waals surface area contributed by atoms with Crippen molar-refractivity contribution in [2.45, 2.75) is 13.1 Å². The number of esters is 1. The number of anilines is 2. The lowest BCUT2D eigenvalue weighted by atomic mass is 10.2. The summed E-state index contributed by atoms with van der Waals surface area (Å²) < 4.78 is 43.6. The molecule has 0 bridgehead atoms. The minimum absolute atomic E-state index is 0.0620. The third-order valence-corrected chi connectivity index (χ3v) is 3.14. The number of hydrogen-bond donors (Lipinski definition) is 2. The Bertz CT molecular complexity index is 769. The Labute approximate surface area is 140 Å². The van der Waals surface area contributed by atoms with E-state index in [1.165, 1.54) is 17.9 Å². The Morgan fingerprint density at radius 3 is 2.40 bits per heavy atom. The monoisotopic (exact) mass is 356 g/mol. The van der Waals surface area contributed by atoms with Crippen LogP contribution in [0.4, 0.5) is 29.5 Å². The zero-order chi connectivity index (χ0) is 18.6.